The fourth-order valence-corrected chi connectivity index (χ4v) is 8.53. The van der Waals surface area contributed by atoms with Crippen molar-refractivity contribution in [2.75, 3.05) is 35.4 Å². The van der Waals surface area contributed by atoms with Crippen LogP contribution in [0.2, 0.25) is 0 Å². The van der Waals surface area contributed by atoms with Crippen LogP contribution in [-0.2, 0) is 20.2 Å². The van der Waals surface area contributed by atoms with Crippen molar-refractivity contribution >= 4 is 111 Å². The fraction of sp³-hybridized carbons (Fsp3) is 0.0588. The van der Waals surface area contributed by atoms with Crippen molar-refractivity contribution in [2.45, 2.75) is 19.6 Å². The molecule has 0 bridgehead atoms. The molecule has 14 nitrogen and oxygen atoms in total. The number of hydrogen-bond donors (Lipinski definition) is 6. The van der Waals surface area contributed by atoms with Gasteiger partial charge in [0.2, 0.25) is 0 Å². The van der Waals surface area contributed by atoms with Crippen molar-refractivity contribution in [2.24, 2.45) is 20.5 Å². The Morgan fingerprint density at radius 3 is 1.17 bits per heavy atom. The zero-order valence-electron chi connectivity index (χ0n) is 27.3. The van der Waals surface area contributed by atoms with Crippen LogP contribution in [0, 0.1) is 0 Å². The summed E-state index contributed by atoms with van der Waals surface area (Å²) in [6, 6.07) is 23.7. The number of rotatable bonds is 9. The van der Waals surface area contributed by atoms with E-state index in [1.807, 2.05) is 36.8 Å². The van der Waals surface area contributed by atoms with Crippen LogP contribution in [0.4, 0.5) is 45.5 Å². The van der Waals surface area contributed by atoms with E-state index in [0.29, 0.717) is 22.1 Å². The molecule has 52 heavy (non-hydrogen) atoms. The summed E-state index contributed by atoms with van der Waals surface area (Å²) < 4.78 is 69.0. The van der Waals surface area contributed by atoms with E-state index in [1.54, 1.807) is 48.5 Å². The van der Waals surface area contributed by atoms with E-state index in [-0.39, 0.29) is 44.9 Å². The van der Waals surface area contributed by atoms with Gasteiger partial charge < -0.3 is 22.9 Å². The quantitative estimate of drug-likeness (QED) is 0.0348. The topological polar surface area (TPSA) is 262 Å². The lowest BCUT2D eigenvalue weighted by Crippen LogP contribution is -2.06. The van der Waals surface area contributed by atoms with Crippen LogP contribution >= 0.6 is 23.5 Å². The van der Waals surface area contributed by atoms with Crippen molar-refractivity contribution in [3.8, 4) is 11.1 Å². The summed E-state index contributed by atoms with van der Waals surface area (Å²) in [5, 5.41) is 18.2. The van der Waals surface area contributed by atoms with Gasteiger partial charge in [0, 0.05) is 31.3 Å². The highest BCUT2D eigenvalue weighted by Gasteiger charge is 2.25. The smallest absolute Gasteiger partial charge is 0.297 e. The molecule has 0 aliphatic rings. The summed E-state index contributed by atoms with van der Waals surface area (Å²) in [5.41, 5.74) is 27.0. The number of benzene rings is 6. The van der Waals surface area contributed by atoms with E-state index in [1.165, 1.54) is 35.7 Å². The van der Waals surface area contributed by atoms with E-state index in [2.05, 4.69) is 20.5 Å². The van der Waals surface area contributed by atoms with E-state index >= 15 is 0 Å². The molecule has 0 aliphatic heterocycles. The summed E-state index contributed by atoms with van der Waals surface area (Å²) in [6.45, 7) is 0. The van der Waals surface area contributed by atoms with E-state index < -0.39 is 30.0 Å². The highest BCUT2D eigenvalue weighted by atomic mass is 32.2. The van der Waals surface area contributed by atoms with Gasteiger partial charge in [-0.1, -0.05) is 60.7 Å². The third-order valence-corrected chi connectivity index (χ3v) is 11.6. The molecule has 6 aromatic rings. The van der Waals surface area contributed by atoms with Crippen LogP contribution < -0.4 is 22.9 Å². The lowest BCUT2D eigenvalue weighted by Gasteiger charge is -2.13. The van der Waals surface area contributed by atoms with Crippen LogP contribution in [0.15, 0.2) is 125 Å². The number of nitrogen functional groups attached to an aromatic ring is 4. The summed E-state index contributed by atoms with van der Waals surface area (Å²) in [5.74, 6) is 0. The molecule has 0 heterocycles. The number of nitrogens with two attached hydrogens (primary N) is 4. The van der Waals surface area contributed by atoms with Gasteiger partial charge in [0.15, 0.2) is 0 Å². The first-order valence-corrected chi connectivity index (χ1v) is 20.3. The van der Waals surface area contributed by atoms with Crippen LogP contribution in [0.3, 0.4) is 0 Å². The van der Waals surface area contributed by atoms with Gasteiger partial charge in [-0.15, -0.1) is 44.0 Å². The molecule has 0 saturated carbocycles. The molecule has 6 rings (SSSR count). The van der Waals surface area contributed by atoms with Gasteiger partial charge in [-0.2, -0.15) is 16.8 Å². The van der Waals surface area contributed by atoms with Gasteiger partial charge in [0.25, 0.3) is 20.2 Å². The second kappa shape index (κ2) is 14.1. The van der Waals surface area contributed by atoms with Crippen molar-refractivity contribution in [3.63, 3.8) is 0 Å². The monoisotopic (exact) mass is 774 g/mol. The molecule has 6 aromatic carbocycles. The van der Waals surface area contributed by atoms with Gasteiger partial charge >= 0.3 is 0 Å². The summed E-state index contributed by atoms with van der Waals surface area (Å²) in [7, 11) is -9.44. The molecule has 0 aliphatic carbocycles. The Balaban J connectivity index is 1.35. The molecule has 0 saturated heterocycles. The first kappa shape index (κ1) is 36.5. The van der Waals surface area contributed by atoms with E-state index in [4.69, 9.17) is 22.9 Å². The third-order valence-electron chi connectivity index (χ3n) is 8.16. The minimum Gasteiger partial charge on any atom is -0.396 e. The second-order valence-electron chi connectivity index (χ2n) is 11.2. The SMILES string of the molecule is CSc1cc(-c2ccc(N=Nc3c(N)c(S(=O)(=O)O)c4ccccc4c3N)c(SC)c2)ccc1N=Nc1c(N)c(S(=O)(=O)O)c2ccccc2c1N. The number of anilines is 4. The molecule has 0 spiro atoms. The van der Waals surface area contributed by atoms with Gasteiger partial charge in [-0.05, 0) is 47.9 Å². The molecular weight excluding hydrogens is 745 g/mol. The summed E-state index contributed by atoms with van der Waals surface area (Å²) in [6.07, 6.45) is 3.73. The maximum Gasteiger partial charge on any atom is 0.297 e. The first-order chi connectivity index (χ1) is 24.6. The molecule has 10 N–H and O–H groups in total. The number of thioether (sulfide) groups is 2. The van der Waals surface area contributed by atoms with Crippen LogP contribution in [-0.4, -0.2) is 38.5 Å². The fourth-order valence-electron chi connectivity index (χ4n) is 5.74. The van der Waals surface area contributed by atoms with Crippen LogP contribution in [0.25, 0.3) is 32.7 Å². The van der Waals surface area contributed by atoms with Gasteiger partial charge in [0.05, 0.1) is 34.1 Å². The molecule has 266 valence electrons. The Morgan fingerprint density at radius 2 is 0.846 bits per heavy atom. The zero-order chi connectivity index (χ0) is 37.5. The van der Waals surface area contributed by atoms with Crippen molar-refractivity contribution in [1.29, 1.82) is 0 Å². The maximum absolute atomic E-state index is 12.3. The minimum atomic E-state index is -4.72. The molecule has 0 fully saturated rings. The maximum atomic E-state index is 12.3. The molecule has 0 amide bonds. The molecule has 0 aromatic heterocycles. The predicted molar refractivity (Wildman–Crippen MR) is 209 cm³/mol. The normalized spacial score (nSPS) is 12.5. The van der Waals surface area contributed by atoms with Gasteiger partial charge in [-0.3, -0.25) is 9.11 Å². The van der Waals surface area contributed by atoms with Gasteiger partial charge in [-0.25, -0.2) is 0 Å². The lowest BCUT2D eigenvalue weighted by molar-refractivity contribution is 0.482. The standard InChI is InChI=1S/C34H30N8O6S4/c1-49-25-15-17(11-13-23(25)39-41-31-27(35)19-7-3-5-9-21(19)33(29(31)37)51(43,44)45)18-12-14-24(26(16-18)50-2)40-42-32-28(36)20-8-4-6-10-22(20)34(30(32)38)52(46,47)48/h3-16H,35-38H2,1-2H3,(H,43,44,45)(H,46,47,48). The third kappa shape index (κ3) is 6.74. The second-order valence-corrected chi connectivity index (χ2v) is 15.6. The predicted octanol–water partition coefficient (Wildman–Crippen LogP) is 8.76. The Bertz CT molecular complexity index is 2540. The van der Waals surface area contributed by atoms with Crippen LogP contribution in [0.1, 0.15) is 0 Å². The van der Waals surface area contributed by atoms with Crippen molar-refractivity contribution in [3.05, 3.63) is 84.9 Å². The largest absolute Gasteiger partial charge is 0.396 e. The molecule has 0 atom stereocenters. The highest BCUT2D eigenvalue weighted by Crippen LogP contribution is 2.46. The number of nitrogens with zero attached hydrogens (tertiary/aromatic N) is 4. The minimum absolute atomic E-state index is 0.0850. The molecule has 18 heteroatoms. The molecular formula is C34H30N8O6S4. The van der Waals surface area contributed by atoms with Crippen molar-refractivity contribution < 1.29 is 25.9 Å². The Morgan fingerprint density at radius 1 is 0.500 bits per heavy atom. The van der Waals surface area contributed by atoms with E-state index in [9.17, 15) is 25.9 Å². The van der Waals surface area contributed by atoms with Gasteiger partial charge in [0.1, 0.15) is 21.2 Å². The molecule has 0 radical (unpaired) electrons. The van der Waals surface area contributed by atoms with Crippen molar-refractivity contribution in [1.82, 2.24) is 0 Å². The molecule has 0 unspecified atom stereocenters. The average Bonchev–Trinajstić information content (AvgIpc) is 3.10. The summed E-state index contributed by atoms with van der Waals surface area (Å²) >= 11 is 2.82. The number of fused-ring (bicyclic) bond motifs is 2. The number of azo groups is 2. The highest BCUT2D eigenvalue weighted by molar-refractivity contribution is 7.99. The lowest BCUT2D eigenvalue weighted by atomic mass is 10.0. The first-order valence-electron chi connectivity index (χ1n) is 15.0. The Labute approximate surface area is 306 Å². The average molecular weight is 775 g/mol. The van der Waals surface area contributed by atoms with Crippen LogP contribution in [0.5, 0.6) is 0 Å². The Hall–Kier alpha value is -5.24. The number of hydrogen-bond acceptors (Lipinski definition) is 14. The van der Waals surface area contributed by atoms with E-state index in [0.717, 1.165) is 20.9 Å². The Kier molecular flexibility index (Phi) is 9.88. The zero-order valence-corrected chi connectivity index (χ0v) is 30.6. The summed E-state index contributed by atoms with van der Waals surface area (Å²) in [4.78, 5) is 0.485.